The molecule has 0 aliphatic rings. The van der Waals surface area contributed by atoms with Crippen LogP contribution in [0.25, 0.3) is 0 Å². The number of furan rings is 1. The number of amides is 1. The zero-order chi connectivity index (χ0) is 21.0. The van der Waals surface area contributed by atoms with Gasteiger partial charge in [-0.25, -0.2) is 4.39 Å². The Morgan fingerprint density at radius 3 is 2.45 bits per heavy atom. The van der Waals surface area contributed by atoms with E-state index in [4.69, 9.17) is 4.42 Å². The molecule has 7 nitrogen and oxygen atoms in total. The van der Waals surface area contributed by atoms with Crippen LogP contribution in [0.4, 0.5) is 10.1 Å². The van der Waals surface area contributed by atoms with Crippen LogP contribution in [0.1, 0.15) is 28.8 Å². The summed E-state index contributed by atoms with van der Waals surface area (Å²) >= 11 is 0. The summed E-state index contributed by atoms with van der Waals surface area (Å²) in [5.41, 5.74) is 1.47. The van der Waals surface area contributed by atoms with E-state index < -0.39 is 21.7 Å². The number of nitrogens with one attached hydrogen (secondary N) is 2. The van der Waals surface area contributed by atoms with E-state index in [0.717, 1.165) is 24.3 Å². The Morgan fingerprint density at radius 2 is 1.79 bits per heavy atom. The van der Waals surface area contributed by atoms with Crippen LogP contribution < -0.4 is 10.1 Å². The number of hydrazone groups is 1. The van der Waals surface area contributed by atoms with E-state index in [-0.39, 0.29) is 10.7 Å². The van der Waals surface area contributed by atoms with Gasteiger partial charge in [0, 0.05) is 5.69 Å². The molecule has 0 aliphatic heterocycles. The van der Waals surface area contributed by atoms with E-state index in [1.165, 1.54) is 0 Å². The normalized spacial score (nSPS) is 11.9. The van der Waals surface area contributed by atoms with Gasteiger partial charge in [-0.3, -0.25) is 4.79 Å². The van der Waals surface area contributed by atoms with Gasteiger partial charge in [0.1, 0.15) is 11.6 Å². The van der Waals surface area contributed by atoms with E-state index in [1.807, 2.05) is 0 Å². The SMILES string of the molecule is CC(=NNS(=O)(=O)c1ccc(F)cc1)c1cccc(NC(=O)c2ccc(C)o2)c1. The molecular weight excluding hydrogens is 397 g/mol. The minimum absolute atomic E-state index is 0.106. The van der Waals surface area contributed by atoms with Crippen molar-refractivity contribution in [2.75, 3.05) is 5.32 Å². The van der Waals surface area contributed by atoms with E-state index in [2.05, 4.69) is 15.2 Å². The molecule has 9 heteroatoms. The molecule has 1 amide bonds. The maximum atomic E-state index is 13.0. The maximum absolute atomic E-state index is 13.0. The number of carbonyl (C=O) groups is 1. The molecule has 3 aromatic rings. The van der Waals surface area contributed by atoms with Gasteiger partial charge in [0.2, 0.25) is 0 Å². The minimum atomic E-state index is -3.93. The number of halogens is 1. The van der Waals surface area contributed by atoms with Gasteiger partial charge in [0.15, 0.2) is 5.76 Å². The van der Waals surface area contributed by atoms with Crippen LogP contribution in [0.3, 0.4) is 0 Å². The molecule has 3 rings (SSSR count). The molecule has 2 N–H and O–H groups in total. The summed E-state index contributed by atoms with van der Waals surface area (Å²) < 4.78 is 42.7. The molecule has 0 spiro atoms. The van der Waals surface area contributed by atoms with Gasteiger partial charge < -0.3 is 9.73 Å². The number of hydrogen-bond acceptors (Lipinski definition) is 5. The second-order valence-electron chi connectivity index (χ2n) is 6.19. The molecule has 1 aromatic heterocycles. The second-order valence-corrected chi connectivity index (χ2v) is 7.85. The highest BCUT2D eigenvalue weighted by Gasteiger charge is 2.14. The monoisotopic (exact) mass is 415 g/mol. The Labute approximate surface area is 167 Å². The van der Waals surface area contributed by atoms with Crippen molar-refractivity contribution in [1.29, 1.82) is 0 Å². The van der Waals surface area contributed by atoms with Gasteiger partial charge in [0.25, 0.3) is 15.9 Å². The third-order valence-corrected chi connectivity index (χ3v) is 5.18. The zero-order valence-corrected chi connectivity index (χ0v) is 16.5. The van der Waals surface area contributed by atoms with Crippen LogP contribution >= 0.6 is 0 Å². The van der Waals surface area contributed by atoms with Crippen molar-refractivity contribution >= 4 is 27.3 Å². The Bertz CT molecular complexity index is 1170. The highest BCUT2D eigenvalue weighted by Crippen LogP contribution is 2.15. The third kappa shape index (κ3) is 5.08. The molecule has 0 aliphatic carbocycles. The Kier molecular flexibility index (Phi) is 5.79. The number of rotatable bonds is 6. The first kappa shape index (κ1) is 20.3. The van der Waals surface area contributed by atoms with Gasteiger partial charge in [0.05, 0.1) is 10.6 Å². The molecule has 2 aromatic carbocycles. The summed E-state index contributed by atoms with van der Waals surface area (Å²) in [6.07, 6.45) is 0. The maximum Gasteiger partial charge on any atom is 0.291 e. The van der Waals surface area contributed by atoms with Crippen molar-refractivity contribution in [3.63, 3.8) is 0 Å². The largest absolute Gasteiger partial charge is 0.456 e. The molecule has 0 unspecified atom stereocenters. The van der Waals surface area contributed by atoms with Gasteiger partial charge in [-0.2, -0.15) is 18.4 Å². The predicted octanol–water partition coefficient (Wildman–Crippen LogP) is 3.68. The lowest BCUT2D eigenvalue weighted by atomic mass is 10.1. The fourth-order valence-electron chi connectivity index (χ4n) is 2.43. The average Bonchev–Trinajstić information content (AvgIpc) is 3.13. The molecule has 0 fully saturated rings. The molecule has 0 bridgehead atoms. The molecular formula is C20H18FN3O4S. The quantitative estimate of drug-likeness (QED) is 0.474. The summed E-state index contributed by atoms with van der Waals surface area (Å²) in [4.78, 5) is 14.2. The van der Waals surface area contributed by atoms with Gasteiger partial charge >= 0.3 is 0 Å². The number of hydrogen-bond donors (Lipinski definition) is 2. The van der Waals surface area contributed by atoms with Crippen LogP contribution in [0.15, 0.2) is 75.1 Å². The van der Waals surface area contributed by atoms with Crippen LogP contribution in [0, 0.1) is 12.7 Å². The lowest BCUT2D eigenvalue weighted by molar-refractivity contribution is 0.0995. The first-order valence-electron chi connectivity index (χ1n) is 8.54. The van der Waals surface area contributed by atoms with Crippen molar-refractivity contribution in [3.8, 4) is 0 Å². The van der Waals surface area contributed by atoms with Crippen LogP contribution in [0.2, 0.25) is 0 Å². The average molecular weight is 415 g/mol. The second kappa shape index (κ2) is 8.27. The molecule has 0 radical (unpaired) electrons. The molecule has 0 saturated carbocycles. The summed E-state index contributed by atoms with van der Waals surface area (Å²) in [6, 6.07) is 14.4. The predicted molar refractivity (Wildman–Crippen MR) is 107 cm³/mol. The lowest BCUT2D eigenvalue weighted by Crippen LogP contribution is -2.20. The summed E-state index contributed by atoms with van der Waals surface area (Å²) in [5.74, 6) is -0.125. The summed E-state index contributed by atoms with van der Waals surface area (Å²) in [6.45, 7) is 3.36. The van der Waals surface area contributed by atoms with E-state index in [0.29, 0.717) is 22.7 Å². The summed E-state index contributed by atoms with van der Waals surface area (Å²) in [7, 11) is -3.93. The summed E-state index contributed by atoms with van der Waals surface area (Å²) in [5, 5.41) is 6.61. The molecule has 0 saturated heterocycles. The van der Waals surface area contributed by atoms with E-state index in [9.17, 15) is 17.6 Å². The van der Waals surface area contributed by atoms with Gasteiger partial charge in [-0.15, -0.1) is 0 Å². The standard InChI is InChI=1S/C20H18FN3O4S/c1-13-6-11-19(28-13)20(25)22-17-5-3-4-15(12-17)14(2)23-24-29(26,27)18-9-7-16(21)8-10-18/h3-12,24H,1-2H3,(H,22,25). The number of nitrogens with zero attached hydrogens (tertiary/aromatic N) is 1. The van der Waals surface area contributed by atoms with E-state index in [1.54, 1.807) is 50.2 Å². The first-order valence-corrected chi connectivity index (χ1v) is 10.0. The first-order chi connectivity index (χ1) is 13.7. The van der Waals surface area contributed by atoms with Crippen molar-refractivity contribution in [2.24, 2.45) is 5.10 Å². The van der Waals surface area contributed by atoms with Crippen LogP contribution in [0.5, 0.6) is 0 Å². The number of anilines is 1. The molecule has 1 heterocycles. The van der Waals surface area contributed by atoms with Crippen molar-refractivity contribution in [2.45, 2.75) is 18.7 Å². The number of aryl methyl sites for hydroxylation is 1. The van der Waals surface area contributed by atoms with Crippen molar-refractivity contribution in [1.82, 2.24) is 4.83 Å². The minimum Gasteiger partial charge on any atom is -0.456 e. The highest BCUT2D eigenvalue weighted by molar-refractivity contribution is 7.89. The van der Waals surface area contributed by atoms with E-state index >= 15 is 0 Å². The van der Waals surface area contributed by atoms with Crippen molar-refractivity contribution in [3.05, 3.63) is 83.6 Å². The van der Waals surface area contributed by atoms with Gasteiger partial charge in [-0.1, -0.05) is 12.1 Å². The van der Waals surface area contributed by atoms with Crippen LogP contribution in [-0.4, -0.2) is 20.0 Å². The Hall–Kier alpha value is -3.46. The fraction of sp³-hybridized carbons (Fsp3) is 0.100. The Morgan fingerprint density at radius 1 is 1.07 bits per heavy atom. The molecule has 150 valence electrons. The smallest absolute Gasteiger partial charge is 0.291 e. The van der Waals surface area contributed by atoms with Gasteiger partial charge in [-0.05, 0) is 67.9 Å². The lowest BCUT2D eigenvalue weighted by Gasteiger charge is -2.08. The van der Waals surface area contributed by atoms with Crippen molar-refractivity contribution < 1.29 is 22.0 Å². The number of sulfonamides is 1. The molecule has 0 atom stereocenters. The zero-order valence-electron chi connectivity index (χ0n) is 15.6. The number of benzene rings is 2. The fourth-order valence-corrected chi connectivity index (χ4v) is 3.29. The number of carbonyl (C=O) groups excluding carboxylic acids is 1. The Balaban J connectivity index is 1.73. The highest BCUT2D eigenvalue weighted by atomic mass is 32.2. The van der Waals surface area contributed by atoms with Crippen LogP contribution in [-0.2, 0) is 10.0 Å². The topological polar surface area (TPSA) is 101 Å². The third-order valence-electron chi connectivity index (χ3n) is 3.96. The molecule has 29 heavy (non-hydrogen) atoms.